The van der Waals surface area contributed by atoms with Gasteiger partial charge in [-0.15, -0.1) is 0 Å². The SMILES string of the molecule is CNC(=O)c1cc(O)cc(OC2CCOC2)c1. The van der Waals surface area contributed by atoms with Gasteiger partial charge in [0.15, 0.2) is 0 Å². The molecule has 0 spiro atoms. The fourth-order valence-corrected chi connectivity index (χ4v) is 1.73. The van der Waals surface area contributed by atoms with Crippen molar-refractivity contribution in [3.05, 3.63) is 23.8 Å². The molecule has 1 fully saturated rings. The Morgan fingerprint density at radius 3 is 3.00 bits per heavy atom. The van der Waals surface area contributed by atoms with E-state index in [9.17, 15) is 9.90 Å². The van der Waals surface area contributed by atoms with Crippen molar-refractivity contribution >= 4 is 5.91 Å². The summed E-state index contributed by atoms with van der Waals surface area (Å²) in [5.41, 5.74) is 0.376. The third kappa shape index (κ3) is 2.88. The predicted octanol–water partition coefficient (Wildman–Crippen LogP) is 0.919. The number of carbonyl (C=O) groups excluding carboxylic acids is 1. The van der Waals surface area contributed by atoms with E-state index in [0.717, 1.165) is 6.42 Å². The molecule has 1 aliphatic rings. The van der Waals surface area contributed by atoms with E-state index in [1.54, 1.807) is 6.07 Å². The Balaban J connectivity index is 2.15. The molecule has 1 aliphatic heterocycles. The number of amides is 1. The number of benzene rings is 1. The van der Waals surface area contributed by atoms with Crippen LogP contribution in [0.25, 0.3) is 0 Å². The number of nitrogens with one attached hydrogen (secondary N) is 1. The molecular weight excluding hydrogens is 222 g/mol. The van der Waals surface area contributed by atoms with Gasteiger partial charge in [0.25, 0.3) is 5.91 Å². The average molecular weight is 237 g/mol. The van der Waals surface area contributed by atoms with Gasteiger partial charge < -0.3 is 19.9 Å². The zero-order chi connectivity index (χ0) is 12.3. The maximum atomic E-state index is 11.5. The number of phenols is 1. The Labute approximate surface area is 99.3 Å². The molecule has 17 heavy (non-hydrogen) atoms. The Morgan fingerprint density at radius 2 is 2.35 bits per heavy atom. The van der Waals surface area contributed by atoms with Crippen LogP contribution < -0.4 is 10.1 Å². The smallest absolute Gasteiger partial charge is 0.251 e. The highest BCUT2D eigenvalue weighted by Gasteiger charge is 2.18. The maximum Gasteiger partial charge on any atom is 0.251 e. The zero-order valence-corrected chi connectivity index (χ0v) is 9.60. The van der Waals surface area contributed by atoms with Crippen molar-refractivity contribution in [3.63, 3.8) is 0 Å². The molecule has 1 saturated heterocycles. The van der Waals surface area contributed by atoms with Gasteiger partial charge in [-0.05, 0) is 12.1 Å². The first kappa shape index (κ1) is 11.7. The Kier molecular flexibility index (Phi) is 3.49. The van der Waals surface area contributed by atoms with Crippen LogP contribution in [-0.2, 0) is 4.74 Å². The quantitative estimate of drug-likeness (QED) is 0.820. The summed E-state index contributed by atoms with van der Waals surface area (Å²) in [4.78, 5) is 11.5. The number of ether oxygens (including phenoxy) is 2. The minimum absolute atomic E-state index is 0.00524. The van der Waals surface area contributed by atoms with Gasteiger partial charge in [0.1, 0.15) is 17.6 Å². The third-order valence-electron chi connectivity index (χ3n) is 2.57. The molecule has 2 rings (SSSR count). The van der Waals surface area contributed by atoms with Gasteiger partial charge in [0.05, 0.1) is 13.2 Å². The lowest BCUT2D eigenvalue weighted by Gasteiger charge is -2.13. The van der Waals surface area contributed by atoms with E-state index in [4.69, 9.17) is 9.47 Å². The van der Waals surface area contributed by atoms with E-state index in [1.807, 2.05) is 0 Å². The zero-order valence-electron chi connectivity index (χ0n) is 9.60. The van der Waals surface area contributed by atoms with Gasteiger partial charge in [-0.2, -0.15) is 0 Å². The molecule has 5 nitrogen and oxygen atoms in total. The largest absolute Gasteiger partial charge is 0.508 e. The summed E-state index contributed by atoms with van der Waals surface area (Å²) in [6, 6.07) is 4.50. The van der Waals surface area contributed by atoms with Crippen LogP contribution >= 0.6 is 0 Å². The monoisotopic (exact) mass is 237 g/mol. The van der Waals surface area contributed by atoms with E-state index in [2.05, 4.69) is 5.32 Å². The first-order chi connectivity index (χ1) is 8.19. The normalized spacial score (nSPS) is 19.0. The molecule has 0 aliphatic carbocycles. The van der Waals surface area contributed by atoms with E-state index >= 15 is 0 Å². The summed E-state index contributed by atoms with van der Waals surface area (Å²) in [7, 11) is 1.54. The van der Waals surface area contributed by atoms with Crippen LogP contribution in [0.1, 0.15) is 16.8 Å². The molecule has 0 bridgehead atoms. The second kappa shape index (κ2) is 5.05. The van der Waals surface area contributed by atoms with Crippen LogP contribution in [0.3, 0.4) is 0 Å². The Hall–Kier alpha value is -1.75. The van der Waals surface area contributed by atoms with E-state index < -0.39 is 0 Å². The van der Waals surface area contributed by atoms with E-state index in [1.165, 1.54) is 19.2 Å². The summed E-state index contributed by atoms with van der Waals surface area (Å²) in [6.45, 7) is 1.23. The summed E-state index contributed by atoms with van der Waals surface area (Å²) in [5.74, 6) is 0.243. The molecule has 1 atom stereocenters. The van der Waals surface area contributed by atoms with Crippen molar-refractivity contribution in [3.8, 4) is 11.5 Å². The van der Waals surface area contributed by atoms with E-state index in [-0.39, 0.29) is 17.8 Å². The number of phenolic OH excluding ortho intramolecular Hbond substituents is 1. The average Bonchev–Trinajstić information content (AvgIpc) is 2.80. The predicted molar refractivity (Wildman–Crippen MR) is 61.3 cm³/mol. The van der Waals surface area contributed by atoms with E-state index in [0.29, 0.717) is 24.5 Å². The topological polar surface area (TPSA) is 67.8 Å². The van der Waals surface area contributed by atoms with Crippen molar-refractivity contribution < 1.29 is 19.4 Å². The van der Waals surface area contributed by atoms with Gasteiger partial charge in [0, 0.05) is 25.1 Å². The number of rotatable bonds is 3. The number of hydrogen-bond donors (Lipinski definition) is 2. The molecule has 1 aromatic rings. The molecule has 1 heterocycles. The lowest BCUT2D eigenvalue weighted by Crippen LogP contribution is -2.19. The molecule has 5 heteroatoms. The second-order valence-electron chi connectivity index (χ2n) is 3.90. The van der Waals surface area contributed by atoms with Crippen molar-refractivity contribution in [1.29, 1.82) is 0 Å². The molecule has 0 aromatic heterocycles. The minimum Gasteiger partial charge on any atom is -0.508 e. The van der Waals surface area contributed by atoms with Crippen molar-refractivity contribution in [2.24, 2.45) is 0 Å². The molecule has 0 saturated carbocycles. The number of aromatic hydroxyl groups is 1. The van der Waals surface area contributed by atoms with Gasteiger partial charge in [-0.25, -0.2) is 0 Å². The second-order valence-corrected chi connectivity index (χ2v) is 3.90. The van der Waals surface area contributed by atoms with Gasteiger partial charge >= 0.3 is 0 Å². The van der Waals surface area contributed by atoms with Crippen LogP contribution in [0, 0.1) is 0 Å². The molecule has 92 valence electrons. The van der Waals surface area contributed by atoms with Crippen LogP contribution in [0.15, 0.2) is 18.2 Å². The first-order valence-corrected chi connectivity index (χ1v) is 5.49. The Bertz CT molecular complexity index is 413. The molecule has 1 aromatic carbocycles. The molecule has 1 amide bonds. The fourth-order valence-electron chi connectivity index (χ4n) is 1.73. The lowest BCUT2D eigenvalue weighted by molar-refractivity contribution is 0.0961. The van der Waals surface area contributed by atoms with Crippen LogP contribution in [0.2, 0.25) is 0 Å². The fraction of sp³-hybridized carbons (Fsp3) is 0.417. The van der Waals surface area contributed by atoms with Crippen LogP contribution in [0.4, 0.5) is 0 Å². The summed E-state index contributed by atoms with van der Waals surface area (Å²) in [5, 5.41) is 12.0. The Morgan fingerprint density at radius 1 is 1.53 bits per heavy atom. The van der Waals surface area contributed by atoms with Gasteiger partial charge in [0.2, 0.25) is 0 Å². The lowest BCUT2D eigenvalue weighted by atomic mass is 10.2. The molecule has 2 N–H and O–H groups in total. The summed E-state index contributed by atoms with van der Waals surface area (Å²) < 4.78 is 10.8. The minimum atomic E-state index is -0.256. The summed E-state index contributed by atoms with van der Waals surface area (Å²) in [6.07, 6.45) is 0.819. The number of carbonyl (C=O) groups is 1. The third-order valence-corrected chi connectivity index (χ3v) is 2.57. The van der Waals surface area contributed by atoms with Crippen molar-refractivity contribution in [1.82, 2.24) is 5.32 Å². The molecule has 1 unspecified atom stereocenters. The molecular formula is C12H15NO4. The number of hydrogen-bond acceptors (Lipinski definition) is 4. The molecule has 0 radical (unpaired) electrons. The van der Waals surface area contributed by atoms with Crippen molar-refractivity contribution in [2.75, 3.05) is 20.3 Å². The van der Waals surface area contributed by atoms with Crippen molar-refractivity contribution in [2.45, 2.75) is 12.5 Å². The van der Waals surface area contributed by atoms with Gasteiger partial charge in [-0.3, -0.25) is 4.79 Å². The van der Waals surface area contributed by atoms with Crippen LogP contribution in [-0.4, -0.2) is 37.4 Å². The first-order valence-electron chi connectivity index (χ1n) is 5.49. The highest BCUT2D eigenvalue weighted by molar-refractivity contribution is 5.94. The summed E-state index contributed by atoms with van der Waals surface area (Å²) >= 11 is 0. The standard InChI is InChI=1S/C12H15NO4/c1-13-12(15)8-4-9(14)6-11(5-8)17-10-2-3-16-7-10/h4-6,10,14H,2-3,7H2,1H3,(H,13,15). The maximum absolute atomic E-state index is 11.5. The highest BCUT2D eigenvalue weighted by atomic mass is 16.5. The van der Waals surface area contributed by atoms with Crippen LogP contribution in [0.5, 0.6) is 11.5 Å². The van der Waals surface area contributed by atoms with Gasteiger partial charge in [-0.1, -0.05) is 0 Å². The highest BCUT2D eigenvalue weighted by Crippen LogP contribution is 2.24.